The molecule has 2 aromatic carbocycles. The first kappa shape index (κ1) is 21.0. The van der Waals surface area contributed by atoms with Crippen LogP contribution < -0.4 is 5.32 Å². The summed E-state index contributed by atoms with van der Waals surface area (Å²) in [5, 5.41) is 2.89. The van der Waals surface area contributed by atoms with Gasteiger partial charge in [0.05, 0.1) is 11.5 Å². The smallest absolute Gasteiger partial charge is 0.253 e. The van der Waals surface area contributed by atoms with Crippen molar-refractivity contribution in [2.45, 2.75) is 6.04 Å². The number of carbonyl (C=O) groups excluding carboxylic acids is 2. The van der Waals surface area contributed by atoms with Crippen LogP contribution in [0.25, 0.3) is 0 Å². The maximum atomic E-state index is 13.2. The molecule has 2 amide bonds. The minimum absolute atomic E-state index is 0.0381. The Morgan fingerprint density at radius 3 is 2.28 bits per heavy atom. The van der Waals surface area contributed by atoms with Gasteiger partial charge in [0.2, 0.25) is 5.91 Å². The van der Waals surface area contributed by atoms with Crippen LogP contribution in [0.2, 0.25) is 0 Å². The Bertz CT molecular complexity index is 976. The molecular weight excluding hydrogens is 390 g/mol. The lowest BCUT2D eigenvalue weighted by molar-refractivity contribution is -0.121. The number of carbonyl (C=O) groups is 2. The van der Waals surface area contributed by atoms with Crippen molar-refractivity contribution in [3.63, 3.8) is 0 Å². The Morgan fingerprint density at radius 1 is 1.00 bits per heavy atom. The Hall–Kier alpha value is -2.71. The van der Waals surface area contributed by atoms with E-state index in [1.807, 2.05) is 35.2 Å². The molecule has 154 valence electrons. The Morgan fingerprint density at radius 2 is 1.66 bits per heavy atom. The van der Waals surface area contributed by atoms with E-state index in [1.54, 1.807) is 38.4 Å². The van der Waals surface area contributed by atoms with Crippen molar-refractivity contribution >= 4 is 27.3 Å². The highest BCUT2D eigenvalue weighted by atomic mass is 32.2. The van der Waals surface area contributed by atoms with Crippen LogP contribution in [0.5, 0.6) is 0 Å². The zero-order chi connectivity index (χ0) is 21.0. The lowest BCUT2D eigenvalue weighted by atomic mass is 10.0. The van der Waals surface area contributed by atoms with Gasteiger partial charge in [-0.2, -0.15) is 0 Å². The third-order valence-corrected chi connectivity index (χ3v) is 6.50. The molecule has 8 heteroatoms. The fourth-order valence-electron chi connectivity index (χ4n) is 3.35. The van der Waals surface area contributed by atoms with E-state index in [2.05, 4.69) is 5.32 Å². The number of rotatable bonds is 5. The number of nitrogens with zero attached hydrogens (tertiary/aromatic N) is 2. The van der Waals surface area contributed by atoms with Gasteiger partial charge in [-0.15, -0.1) is 0 Å². The molecule has 1 aliphatic heterocycles. The highest BCUT2D eigenvalue weighted by Gasteiger charge is 2.32. The van der Waals surface area contributed by atoms with E-state index >= 15 is 0 Å². The highest BCUT2D eigenvalue weighted by molar-refractivity contribution is 7.91. The minimum atomic E-state index is -3.05. The van der Waals surface area contributed by atoms with Crippen LogP contribution in [-0.4, -0.2) is 68.7 Å². The first-order valence-electron chi connectivity index (χ1n) is 9.39. The SMILES string of the molecule is CN(C)C(=O)c1cccc(NC(=O)C(c2ccccc2)N2CCS(=O)(=O)CC2)c1. The molecule has 0 bridgehead atoms. The van der Waals surface area contributed by atoms with Gasteiger partial charge >= 0.3 is 0 Å². The van der Waals surface area contributed by atoms with Crippen LogP contribution in [0.1, 0.15) is 22.0 Å². The highest BCUT2D eigenvalue weighted by Crippen LogP contribution is 2.25. The zero-order valence-electron chi connectivity index (χ0n) is 16.5. The largest absolute Gasteiger partial charge is 0.345 e. The van der Waals surface area contributed by atoms with Crippen molar-refractivity contribution in [3.8, 4) is 0 Å². The van der Waals surface area contributed by atoms with Crippen LogP contribution in [0, 0.1) is 0 Å². The molecule has 1 heterocycles. The standard InChI is InChI=1S/C21H25N3O4S/c1-23(2)21(26)17-9-6-10-18(15-17)22-20(25)19(16-7-4-3-5-8-16)24-11-13-29(27,28)14-12-24/h3-10,15,19H,11-14H2,1-2H3,(H,22,25). The topological polar surface area (TPSA) is 86.8 Å². The van der Waals surface area contributed by atoms with Crippen LogP contribution in [-0.2, 0) is 14.6 Å². The summed E-state index contributed by atoms with van der Waals surface area (Å²) < 4.78 is 23.6. The lowest BCUT2D eigenvalue weighted by Gasteiger charge is -2.33. The predicted molar refractivity (Wildman–Crippen MR) is 112 cm³/mol. The third-order valence-electron chi connectivity index (χ3n) is 4.89. The van der Waals surface area contributed by atoms with Gasteiger partial charge in [0, 0.05) is 38.4 Å². The molecule has 1 N–H and O–H groups in total. The van der Waals surface area contributed by atoms with Gasteiger partial charge in [-0.05, 0) is 23.8 Å². The van der Waals surface area contributed by atoms with Crippen molar-refractivity contribution in [1.82, 2.24) is 9.80 Å². The van der Waals surface area contributed by atoms with Crippen molar-refractivity contribution in [1.29, 1.82) is 0 Å². The van der Waals surface area contributed by atoms with E-state index in [9.17, 15) is 18.0 Å². The number of nitrogens with one attached hydrogen (secondary N) is 1. The quantitative estimate of drug-likeness (QED) is 0.805. The van der Waals surface area contributed by atoms with Gasteiger partial charge in [0.25, 0.3) is 5.91 Å². The molecule has 1 saturated heterocycles. The molecule has 0 spiro atoms. The second-order valence-corrected chi connectivity index (χ2v) is 9.57. The number of benzene rings is 2. The van der Waals surface area contributed by atoms with Crippen LogP contribution in [0.4, 0.5) is 5.69 Å². The summed E-state index contributed by atoms with van der Waals surface area (Å²) in [5.74, 6) is -0.334. The molecule has 0 aromatic heterocycles. The van der Waals surface area contributed by atoms with Crippen molar-refractivity contribution in [2.75, 3.05) is 44.0 Å². The lowest BCUT2D eigenvalue weighted by Crippen LogP contribution is -2.46. The Kier molecular flexibility index (Phi) is 6.34. The number of anilines is 1. The molecule has 2 aromatic rings. The molecule has 0 saturated carbocycles. The molecular formula is C21H25N3O4S. The normalized spacial score (nSPS) is 17.3. The average molecular weight is 416 g/mol. The molecule has 29 heavy (non-hydrogen) atoms. The summed E-state index contributed by atoms with van der Waals surface area (Å²) in [7, 11) is 0.285. The zero-order valence-corrected chi connectivity index (χ0v) is 17.4. The first-order chi connectivity index (χ1) is 13.8. The average Bonchev–Trinajstić information content (AvgIpc) is 2.70. The maximum Gasteiger partial charge on any atom is 0.253 e. The number of hydrogen-bond donors (Lipinski definition) is 1. The van der Waals surface area contributed by atoms with Gasteiger partial charge in [0.15, 0.2) is 9.84 Å². The van der Waals surface area contributed by atoms with Crippen molar-refractivity contribution in [2.24, 2.45) is 0 Å². The monoisotopic (exact) mass is 415 g/mol. The number of sulfone groups is 1. The second-order valence-electron chi connectivity index (χ2n) is 7.27. The van der Waals surface area contributed by atoms with Crippen LogP contribution >= 0.6 is 0 Å². The summed E-state index contributed by atoms with van der Waals surface area (Å²) >= 11 is 0. The molecule has 1 unspecified atom stereocenters. The van der Waals surface area contributed by atoms with E-state index in [0.717, 1.165) is 5.56 Å². The van der Waals surface area contributed by atoms with E-state index in [4.69, 9.17) is 0 Å². The minimum Gasteiger partial charge on any atom is -0.345 e. The second kappa shape index (κ2) is 8.75. The number of amides is 2. The van der Waals surface area contributed by atoms with Gasteiger partial charge in [-0.25, -0.2) is 8.42 Å². The summed E-state index contributed by atoms with van der Waals surface area (Å²) in [5.41, 5.74) is 1.80. The summed E-state index contributed by atoms with van der Waals surface area (Å²) in [4.78, 5) is 28.7. The Balaban J connectivity index is 1.84. The van der Waals surface area contributed by atoms with E-state index < -0.39 is 15.9 Å². The van der Waals surface area contributed by atoms with Gasteiger partial charge < -0.3 is 10.2 Å². The molecule has 1 fully saturated rings. The third kappa shape index (κ3) is 5.21. The molecule has 1 atom stereocenters. The van der Waals surface area contributed by atoms with E-state index in [0.29, 0.717) is 24.3 Å². The molecule has 0 radical (unpaired) electrons. The summed E-state index contributed by atoms with van der Waals surface area (Å²) in [6.07, 6.45) is 0. The number of hydrogen-bond acceptors (Lipinski definition) is 5. The van der Waals surface area contributed by atoms with Crippen molar-refractivity contribution < 1.29 is 18.0 Å². The molecule has 7 nitrogen and oxygen atoms in total. The fourth-order valence-corrected chi connectivity index (χ4v) is 4.58. The van der Waals surface area contributed by atoms with Crippen LogP contribution in [0.15, 0.2) is 54.6 Å². The maximum absolute atomic E-state index is 13.2. The van der Waals surface area contributed by atoms with Gasteiger partial charge in [0.1, 0.15) is 6.04 Å². The van der Waals surface area contributed by atoms with E-state index in [-0.39, 0.29) is 23.3 Å². The molecule has 1 aliphatic rings. The summed E-state index contributed by atoms with van der Waals surface area (Å²) in [6.45, 7) is 0.600. The van der Waals surface area contributed by atoms with Crippen molar-refractivity contribution in [3.05, 3.63) is 65.7 Å². The predicted octanol–water partition coefficient (Wildman–Crippen LogP) is 1.80. The molecule has 0 aliphatic carbocycles. The van der Waals surface area contributed by atoms with Gasteiger partial charge in [-0.1, -0.05) is 36.4 Å². The molecule has 3 rings (SSSR count). The van der Waals surface area contributed by atoms with Gasteiger partial charge in [-0.3, -0.25) is 14.5 Å². The fraction of sp³-hybridized carbons (Fsp3) is 0.333. The Labute approximate surface area is 171 Å². The van der Waals surface area contributed by atoms with E-state index in [1.165, 1.54) is 4.90 Å². The van der Waals surface area contributed by atoms with Crippen LogP contribution in [0.3, 0.4) is 0 Å². The summed E-state index contributed by atoms with van der Waals surface area (Å²) in [6, 6.07) is 15.5. The first-order valence-corrected chi connectivity index (χ1v) is 11.2.